The lowest BCUT2D eigenvalue weighted by molar-refractivity contribution is -0.134. The highest BCUT2D eigenvalue weighted by Crippen LogP contribution is 2.25. The predicted molar refractivity (Wildman–Crippen MR) is 91.6 cm³/mol. The Labute approximate surface area is 147 Å². The molecule has 1 aromatic carbocycles. The summed E-state index contributed by atoms with van der Waals surface area (Å²) < 4.78 is 10.2. The van der Waals surface area contributed by atoms with Crippen molar-refractivity contribution in [2.75, 3.05) is 26.8 Å². The zero-order valence-corrected chi connectivity index (χ0v) is 15.0. The third-order valence-corrected chi connectivity index (χ3v) is 4.72. The minimum atomic E-state index is -0.434. The van der Waals surface area contributed by atoms with Gasteiger partial charge in [-0.15, -0.1) is 0 Å². The van der Waals surface area contributed by atoms with Crippen molar-refractivity contribution in [2.24, 2.45) is 0 Å². The number of hydrogen-bond donors (Lipinski definition) is 1. The van der Waals surface area contributed by atoms with Crippen LogP contribution in [0.3, 0.4) is 0 Å². The number of amides is 2. The summed E-state index contributed by atoms with van der Waals surface area (Å²) in [6.07, 6.45) is 0.983. The lowest BCUT2D eigenvalue weighted by Gasteiger charge is -2.32. The molecule has 2 rings (SSSR count). The van der Waals surface area contributed by atoms with Crippen molar-refractivity contribution in [3.05, 3.63) is 28.3 Å². The standard InChI is InChI=1S/C17H23ClN2O4/c1-11-8-14(9-12(2)16(11)18)24-10-15(21)20-6-4-13(5-7-20)19-17(22)23-3/h8-9,13H,4-7,10H2,1-3H3,(H,19,22). The van der Waals surface area contributed by atoms with Crippen LogP contribution in [-0.2, 0) is 9.53 Å². The van der Waals surface area contributed by atoms with Crippen LogP contribution in [0.4, 0.5) is 4.79 Å². The molecule has 0 atom stereocenters. The number of halogens is 1. The van der Waals surface area contributed by atoms with Gasteiger partial charge in [0.1, 0.15) is 5.75 Å². The van der Waals surface area contributed by atoms with E-state index < -0.39 is 6.09 Å². The van der Waals surface area contributed by atoms with Crippen molar-refractivity contribution >= 4 is 23.6 Å². The SMILES string of the molecule is COC(=O)NC1CCN(C(=O)COc2cc(C)c(Cl)c(C)c2)CC1. The monoisotopic (exact) mass is 354 g/mol. The molecule has 1 aliphatic rings. The molecule has 132 valence electrons. The Kier molecular flexibility index (Phi) is 6.31. The first-order valence-corrected chi connectivity index (χ1v) is 8.30. The normalized spacial score (nSPS) is 15.1. The number of hydrogen-bond acceptors (Lipinski definition) is 4. The van der Waals surface area contributed by atoms with E-state index in [0.29, 0.717) is 36.7 Å². The number of rotatable bonds is 4. The van der Waals surface area contributed by atoms with Crippen LogP contribution in [0, 0.1) is 13.8 Å². The fourth-order valence-electron chi connectivity index (χ4n) is 2.72. The van der Waals surface area contributed by atoms with Gasteiger partial charge in [-0.2, -0.15) is 0 Å². The maximum atomic E-state index is 12.3. The molecule has 7 heteroatoms. The van der Waals surface area contributed by atoms with Gasteiger partial charge in [-0.3, -0.25) is 4.79 Å². The molecule has 1 fully saturated rings. The average Bonchev–Trinajstić information content (AvgIpc) is 2.57. The second-order valence-electron chi connectivity index (χ2n) is 5.95. The quantitative estimate of drug-likeness (QED) is 0.902. The minimum Gasteiger partial charge on any atom is -0.484 e. The summed E-state index contributed by atoms with van der Waals surface area (Å²) in [5.41, 5.74) is 1.85. The van der Waals surface area contributed by atoms with Crippen LogP contribution in [0.25, 0.3) is 0 Å². The number of ether oxygens (including phenoxy) is 2. The van der Waals surface area contributed by atoms with Gasteiger partial charge < -0.3 is 19.7 Å². The molecule has 0 unspecified atom stereocenters. The highest BCUT2D eigenvalue weighted by Gasteiger charge is 2.24. The molecule has 1 heterocycles. The van der Waals surface area contributed by atoms with Crippen molar-refractivity contribution in [3.63, 3.8) is 0 Å². The van der Waals surface area contributed by atoms with Gasteiger partial charge in [0.2, 0.25) is 0 Å². The van der Waals surface area contributed by atoms with Crippen LogP contribution >= 0.6 is 11.6 Å². The molecule has 0 bridgehead atoms. The zero-order valence-electron chi connectivity index (χ0n) is 14.2. The topological polar surface area (TPSA) is 67.9 Å². The lowest BCUT2D eigenvalue weighted by atomic mass is 10.1. The largest absolute Gasteiger partial charge is 0.484 e. The summed E-state index contributed by atoms with van der Waals surface area (Å²) >= 11 is 6.12. The number of nitrogens with one attached hydrogen (secondary N) is 1. The molecule has 6 nitrogen and oxygen atoms in total. The van der Waals surface area contributed by atoms with E-state index in [-0.39, 0.29) is 18.6 Å². The second-order valence-corrected chi connectivity index (χ2v) is 6.33. The molecular formula is C17H23ClN2O4. The van der Waals surface area contributed by atoms with Crippen molar-refractivity contribution in [1.29, 1.82) is 0 Å². The molecule has 0 radical (unpaired) electrons. The second kappa shape index (κ2) is 8.24. The maximum Gasteiger partial charge on any atom is 0.407 e. The Morgan fingerprint density at radius 1 is 1.25 bits per heavy atom. The first-order valence-electron chi connectivity index (χ1n) is 7.92. The van der Waals surface area contributed by atoms with Crippen LogP contribution in [-0.4, -0.2) is 49.7 Å². The van der Waals surface area contributed by atoms with E-state index in [1.165, 1.54) is 7.11 Å². The molecule has 1 saturated heterocycles. The Hall–Kier alpha value is -1.95. The van der Waals surface area contributed by atoms with Crippen LogP contribution in [0.15, 0.2) is 12.1 Å². The highest BCUT2D eigenvalue weighted by atomic mass is 35.5. The summed E-state index contributed by atoms with van der Waals surface area (Å²) in [4.78, 5) is 25.2. The Morgan fingerprint density at radius 3 is 2.38 bits per heavy atom. The highest BCUT2D eigenvalue weighted by molar-refractivity contribution is 6.32. The molecule has 0 aliphatic carbocycles. The van der Waals surface area contributed by atoms with Crippen molar-refractivity contribution in [2.45, 2.75) is 32.7 Å². The Bertz CT molecular complexity index is 590. The molecule has 24 heavy (non-hydrogen) atoms. The molecule has 1 aromatic rings. The van der Waals surface area contributed by atoms with Crippen LogP contribution in [0.2, 0.25) is 5.02 Å². The molecular weight excluding hydrogens is 332 g/mol. The number of likely N-dealkylation sites (tertiary alicyclic amines) is 1. The maximum absolute atomic E-state index is 12.3. The molecule has 0 spiro atoms. The average molecular weight is 355 g/mol. The Balaban J connectivity index is 1.81. The van der Waals surface area contributed by atoms with Crippen molar-refractivity contribution in [1.82, 2.24) is 10.2 Å². The molecule has 1 aliphatic heterocycles. The van der Waals surface area contributed by atoms with Gasteiger partial charge in [0, 0.05) is 24.2 Å². The van der Waals surface area contributed by atoms with Crippen molar-refractivity contribution < 1.29 is 19.1 Å². The van der Waals surface area contributed by atoms with Crippen LogP contribution in [0.1, 0.15) is 24.0 Å². The number of methoxy groups -OCH3 is 1. The molecule has 0 saturated carbocycles. The van der Waals surface area contributed by atoms with Crippen LogP contribution in [0.5, 0.6) is 5.75 Å². The van der Waals surface area contributed by atoms with Gasteiger partial charge in [-0.05, 0) is 49.9 Å². The van der Waals surface area contributed by atoms with Gasteiger partial charge in [0.15, 0.2) is 6.61 Å². The van der Waals surface area contributed by atoms with E-state index in [1.807, 2.05) is 26.0 Å². The van der Waals surface area contributed by atoms with Crippen LogP contribution < -0.4 is 10.1 Å². The predicted octanol–water partition coefficient (Wildman–Crippen LogP) is 2.68. The van der Waals surface area contributed by atoms with E-state index in [4.69, 9.17) is 16.3 Å². The summed E-state index contributed by atoms with van der Waals surface area (Å²) in [6.45, 7) is 4.99. The number of nitrogens with zero attached hydrogens (tertiary/aromatic N) is 1. The fraction of sp³-hybridized carbons (Fsp3) is 0.529. The van der Waals surface area contributed by atoms with Gasteiger partial charge in [0.25, 0.3) is 5.91 Å². The summed E-state index contributed by atoms with van der Waals surface area (Å²) in [5, 5.41) is 3.48. The summed E-state index contributed by atoms with van der Waals surface area (Å²) in [6, 6.07) is 3.70. The Morgan fingerprint density at radius 2 is 1.83 bits per heavy atom. The van der Waals surface area contributed by atoms with E-state index in [0.717, 1.165) is 11.1 Å². The van der Waals surface area contributed by atoms with Crippen molar-refractivity contribution in [3.8, 4) is 5.75 Å². The number of carbonyl (C=O) groups excluding carboxylic acids is 2. The number of carbonyl (C=O) groups is 2. The molecule has 0 aromatic heterocycles. The van der Waals surface area contributed by atoms with Gasteiger partial charge in [-0.25, -0.2) is 4.79 Å². The van der Waals surface area contributed by atoms with Gasteiger partial charge in [-0.1, -0.05) is 11.6 Å². The number of aryl methyl sites for hydroxylation is 2. The fourth-order valence-corrected chi connectivity index (χ4v) is 2.83. The van der Waals surface area contributed by atoms with Gasteiger partial charge >= 0.3 is 6.09 Å². The van der Waals surface area contributed by atoms with E-state index >= 15 is 0 Å². The van der Waals surface area contributed by atoms with Gasteiger partial charge in [0.05, 0.1) is 7.11 Å². The lowest BCUT2D eigenvalue weighted by Crippen LogP contribution is -2.47. The van der Waals surface area contributed by atoms with E-state index in [1.54, 1.807) is 4.90 Å². The minimum absolute atomic E-state index is 0.00436. The summed E-state index contributed by atoms with van der Waals surface area (Å²) in [5.74, 6) is 0.585. The first-order chi connectivity index (χ1) is 11.4. The smallest absolute Gasteiger partial charge is 0.407 e. The zero-order chi connectivity index (χ0) is 17.7. The number of benzene rings is 1. The number of alkyl carbamates (subject to hydrolysis) is 1. The number of piperidine rings is 1. The van der Waals surface area contributed by atoms with E-state index in [2.05, 4.69) is 10.1 Å². The third-order valence-electron chi connectivity index (χ3n) is 4.13. The molecule has 2 amide bonds. The third kappa shape index (κ3) is 4.77. The summed E-state index contributed by atoms with van der Waals surface area (Å²) in [7, 11) is 1.34. The van der Waals surface area contributed by atoms with E-state index in [9.17, 15) is 9.59 Å². The first kappa shape index (κ1) is 18.4. The molecule has 1 N–H and O–H groups in total.